The Hall–Kier alpha value is -1.11. The van der Waals surface area contributed by atoms with E-state index >= 15 is 0 Å². The lowest BCUT2D eigenvalue weighted by Gasteiger charge is -2.25. The zero-order valence-corrected chi connectivity index (χ0v) is 13.4. The SMILES string of the molecule is CCS(=O)(=O)NCC(C)N(C)Cc1cccc(OC)c1. The van der Waals surface area contributed by atoms with Crippen LogP contribution >= 0.6 is 0 Å². The summed E-state index contributed by atoms with van der Waals surface area (Å²) in [6, 6.07) is 7.98. The molecule has 1 aromatic carbocycles. The molecule has 0 amide bonds. The van der Waals surface area contributed by atoms with Crippen LogP contribution in [0.15, 0.2) is 24.3 Å². The molecule has 1 N–H and O–H groups in total. The number of benzene rings is 1. The molecule has 0 fully saturated rings. The highest BCUT2D eigenvalue weighted by Gasteiger charge is 2.13. The zero-order chi connectivity index (χ0) is 15.2. The van der Waals surface area contributed by atoms with Crippen LogP contribution in [0.4, 0.5) is 0 Å². The van der Waals surface area contributed by atoms with Crippen LogP contribution in [0.1, 0.15) is 19.4 Å². The van der Waals surface area contributed by atoms with Gasteiger partial charge in [-0.15, -0.1) is 0 Å². The van der Waals surface area contributed by atoms with Gasteiger partial charge >= 0.3 is 0 Å². The number of nitrogens with zero attached hydrogens (tertiary/aromatic N) is 1. The first-order valence-corrected chi connectivity index (χ1v) is 8.33. The van der Waals surface area contributed by atoms with Crippen molar-refractivity contribution in [2.24, 2.45) is 0 Å². The highest BCUT2D eigenvalue weighted by atomic mass is 32.2. The quantitative estimate of drug-likeness (QED) is 0.789. The van der Waals surface area contributed by atoms with E-state index in [-0.39, 0.29) is 11.8 Å². The lowest BCUT2D eigenvalue weighted by atomic mass is 10.2. The minimum Gasteiger partial charge on any atom is -0.497 e. The van der Waals surface area contributed by atoms with Gasteiger partial charge in [-0.1, -0.05) is 12.1 Å². The number of sulfonamides is 1. The average Bonchev–Trinajstić information content (AvgIpc) is 2.45. The third-order valence-electron chi connectivity index (χ3n) is 3.30. The number of ether oxygens (including phenoxy) is 1. The van der Waals surface area contributed by atoms with Gasteiger partial charge in [0.15, 0.2) is 0 Å². The van der Waals surface area contributed by atoms with E-state index in [1.54, 1.807) is 14.0 Å². The van der Waals surface area contributed by atoms with Crippen molar-refractivity contribution >= 4 is 10.0 Å². The van der Waals surface area contributed by atoms with Gasteiger partial charge in [-0.2, -0.15) is 0 Å². The van der Waals surface area contributed by atoms with Crippen LogP contribution in [0.25, 0.3) is 0 Å². The molecule has 6 heteroatoms. The molecule has 114 valence electrons. The predicted octanol–water partition coefficient (Wildman–Crippen LogP) is 1.45. The number of methoxy groups -OCH3 is 1. The number of nitrogens with one attached hydrogen (secondary N) is 1. The topological polar surface area (TPSA) is 58.6 Å². The molecule has 0 saturated heterocycles. The van der Waals surface area contributed by atoms with Crippen LogP contribution in [0, 0.1) is 0 Å². The lowest BCUT2D eigenvalue weighted by Crippen LogP contribution is -2.40. The third-order valence-corrected chi connectivity index (χ3v) is 4.66. The van der Waals surface area contributed by atoms with E-state index in [4.69, 9.17) is 4.74 Å². The van der Waals surface area contributed by atoms with E-state index in [0.717, 1.165) is 17.9 Å². The molecule has 1 atom stereocenters. The van der Waals surface area contributed by atoms with Crippen molar-refractivity contribution in [2.45, 2.75) is 26.4 Å². The summed E-state index contributed by atoms with van der Waals surface area (Å²) in [4.78, 5) is 2.10. The van der Waals surface area contributed by atoms with E-state index in [1.807, 2.05) is 38.2 Å². The van der Waals surface area contributed by atoms with Gasteiger partial charge in [-0.05, 0) is 38.6 Å². The summed E-state index contributed by atoms with van der Waals surface area (Å²) in [5.41, 5.74) is 1.14. The number of hydrogen-bond donors (Lipinski definition) is 1. The van der Waals surface area contributed by atoms with Gasteiger partial charge in [0, 0.05) is 19.1 Å². The van der Waals surface area contributed by atoms with E-state index in [2.05, 4.69) is 9.62 Å². The predicted molar refractivity (Wildman–Crippen MR) is 81.4 cm³/mol. The van der Waals surface area contributed by atoms with Gasteiger partial charge in [-0.3, -0.25) is 4.90 Å². The van der Waals surface area contributed by atoms with Crippen LogP contribution in [0.5, 0.6) is 5.75 Å². The molecule has 0 aliphatic heterocycles. The van der Waals surface area contributed by atoms with Crippen LogP contribution in [0.2, 0.25) is 0 Å². The van der Waals surface area contributed by atoms with E-state index < -0.39 is 10.0 Å². The number of hydrogen-bond acceptors (Lipinski definition) is 4. The molecule has 5 nitrogen and oxygen atoms in total. The Morgan fingerprint density at radius 3 is 2.70 bits per heavy atom. The van der Waals surface area contributed by atoms with Crippen molar-refractivity contribution in [3.8, 4) is 5.75 Å². The molecule has 0 radical (unpaired) electrons. The van der Waals surface area contributed by atoms with E-state index in [0.29, 0.717) is 6.54 Å². The molecule has 0 spiro atoms. The molecule has 0 aliphatic rings. The molecular weight excluding hydrogens is 276 g/mol. The number of likely N-dealkylation sites (N-methyl/N-ethyl adjacent to an activating group) is 1. The van der Waals surface area contributed by atoms with Crippen molar-refractivity contribution < 1.29 is 13.2 Å². The van der Waals surface area contributed by atoms with Crippen molar-refractivity contribution in [1.82, 2.24) is 9.62 Å². The fraction of sp³-hybridized carbons (Fsp3) is 0.571. The normalized spacial score (nSPS) is 13.4. The summed E-state index contributed by atoms with van der Waals surface area (Å²) in [5, 5.41) is 0. The molecule has 0 aliphatic carbocycles. The van der Waals surface area contributed by atoms with Gasteiger partial charge in [0.1, 0.15) is 5.75 Å². The third kappa shape index (κ3) is 5.48. The van der Waals surface area contributed by atoms with Crippen LogP contribution in [-0.4, -0.2) is 45.8 Å². The number of rotatable bonds is 8. The second-order valence-corrected chi connectivity index (χ2v) is 6.96. The van der Waals surface area contributed by atoms with Crippen LogP contribution < -0.4 is 9.46 Å². The Morgan fingerprint density at radius 1 is 1.40 bits per heavy atom. The Morgan fingerprint density at radius 2 is 2.10 bits per heavy atom. The summed E-state index contributed by atoms with van der Waals surface area (Å²) in [6.45, 7) is 4.79. The highest BCUT2D eigenvalue weighted by Crippen LogP contribution is 2.14. The van der Waals surface area contributed by atoms with Crippen molar-refractivity contribution in [2.75, 3.05) is 26.5 Å². The summed E-state index contributed by atoms with van der Waals surface area (Å²) in [5.74, 6) is 0.939. The molecule has 0 aromatic heterocycles. The summed E-state index contributed by atoms with van der Waals surface area (Å²) in [6.07, 6.45) is 0. The Kier molecular flexibility index (Phi) is 6.45. The molecule has 1 rings (SSSR count). The monoisotopic (exact) mass is 300 g/mol. The largest absolute Gasteiger partial charge is 0.497 e. The molecule has 0 bridgehead atoms. The minimum atomic E-state index is -3.13. The van der Waals surface area contributed by atoms with E-state index in [1.165, 1.54) is 0 Å². The maximum absolute atomic E-state index is 11.4. The first kappa shape index (κ1) is 16.9. The first-order valence-electron chi connectivity index (χ1n) is 6.68. The maximum Gasteiger partial charge on any atom is 0.211 e. The Labute approximate surface area is 122 Å². The zero-order valence-electron chi connectivity index (χ0n) is 12.6. The maximum atomic E-state index is 11.4. The van der Waals surface area contributed by atoms with Crippen molar-refractivity contribution in [3.63, 3.8) is 0 Å². The Bertz CT molecular complexity index is 517. The molecule has 1 unspecified atom stereocenters. The summed E-state index contributed by atoms with van der Waals surface area (Å²) >= 11 is 0. The highest BCUT2D eigenvalue weighted by molar-refractivity contribution is 7.89. The molecular formula is C14H24N2O3S. The minimum absolute atomic E-state index is 0.110. The van der Waals surface area contributed by atoms with Crippen LogP contribution in [0.3, 0.4) is 0 Å². The summed E-state index contributed by atoms with van der Waals surface area (Å²) in [7, 11) is 0.492. The van der Waals surface area contributed by atoms with Crippen molar-refractivity contribution in [1.29, 1.82) is 0 Å². The second kappa shape index (κ2) is 7.61. The standard InChI is InChI=1S/C14H24N2O3S/c1-5-20(17,18)15-10-12(2)16(3)11-13-7-6-8-14(9-13)19-4/h6-9,12,15H,5,10-11H2,1-4H3. The van der Waals surface area contributed by atoms with Crippen molar-refractivity contribution in [3.05, 3.63) is 29.8 Å². The van der Waals surface area contributed by atoms with Crippen LogP contribution in [-0.2, 0) is 16.6 Å². The summed E-state index contributed by atoms with van der Waals surface area (Å²) < 4.78 is 30.6. The van der Waals surface area contributed by atoms with Gasteiger partial charge in [-0.25, -0.2) is 13.1 Å². The fourth-order valence-electron chi connectivity index (χ4n) is 1.72. The van der Waals surface area contributed by atoms with Gasteiger partial charge in [0.05, 0.1) is 12.9 Å². The average molecular weight is 300 g/mol. The van der Waals surface area contributed by atoms with Gasteiger partial charge < -0.3 is 4.74 Å². The second-order valence-electron chi connectivity index (χ2n) is 4.87. The van der Waals surface area contributed by atoms with Gasteiger partial charge in [0.2, 0.25) is 10.0 Å². The van der Waals surface area contributed by atoms with Gasteiger partial charge in [0.25, 0.3) is 0 Å². The molecule has 20 heavy (non-hydrogen) atoms. The molecule has 1 aromatic rings. The lowest BCUT2D eigenvalue weighted by molar-refractivity contribution is 0.250. The fourth-order valence-corrected chi connectivity index (χ4v) is 2.42. The smallest absolute Gasteiger partial charge is 0.211 e. The molecule has 0 saturated carbocycles. The Balaban J connectivity index is 2.54. The van der Waals surface area contributed by atoms with E-state index in [9.17, 15) is 8.42 Å². The first-order chi connectivity index (χ1) is 9.38. The molecule has 0 heterocycles.